The van der Waals surface area contributed by atoms with E-state index < -0.39 is 30.0 Å². The number of aryl methyl sites for hydroxylation is 1. The molecule has 2 fully saturated rings. The number of carbonyl (C=O) groups is 4. The number of nitrogens with zero attached hydrogens (tertiary/aromatic N) is 2. The highest BCUT2D eigenvalue weighted by Gasteiger charge is 2.62. The lowest BCUT2D eigenvalue weighted by atomic mass is 9.80. The molecule has 9 heteroatoms. The molecule has 0 saturated carbocycles. The fraction of sp³-hybridized carbons (Fsp3) is 0.320. The second kappa shape index (κ2) is 8.49. The molecule has 5 rings (SSSR count). The zero-order valence-corrected chi connectivity index (χ0v) is 18.4. The average molecular weight is 461 g/mol. The van der Waals surface area contributed by atoms with Crippen LogP contribution in [0.5, 0.6) is 0 Å². The normalized spacial score (nSPS) is 24.9. The Labute approximate surface area is 195 Å². The van der Waals surface area contributed by atoms with Crippen molar-refractivity contribution in [3.63, 3.8) is 0 Å². The van der Waals surface area contributed by atoms with Crippen molar-refractivity contribution < 1.29 is 29.0 Å². The average Bonchev–Trinajstić information content (AvgIpc) is 3.45. The van der Waals surface area contributed by atoms with Crippen molar-refractivity contribution in [2.75, 3.05) is 5.32 Å². The summed E-state index contributed by atoms with van der Waals surface area (Å²) < 4.78 is 5.82. The van der Waals surface area contributed by atoms with Gasteiger partial charge in [0.1, 0.15) is 5.82 Å². The molecule has 3 amide bonds. The number of amides is 3. The van der Waals surface area contributed by atoms with E-state index in [1.165, 1.54) is 4.90 Å². The van der Waals surface area contributed by atoms with Crippen molar-refractivity contribution in [3.8, 4) is 0 Å². The number of carboxylic acids is 1. The minimum absolute atomic E-state index is 0.0402. The zero-order chi connectivity index (χ0) is 24.0. The number of hydrogen-bond acceptors (Lipinski definition) is 6. The summed E-state index contributed by atoms with van der Waals surface area (Å²) in [7, 11) is 0. The first-order chi connectivity index (χ1) is 16.3. The maximum atomic E-state index is 13.1. The molecular weight excluding hydrogens is 438 g/mol. The molecule has 2 saturated heterocycles. The lowest BCUT2D eigenvalue weighted by molar-refractivity contribution is -0.143. The van der Waals surface area contributed by atoms with Gasteiger partial charge in [-0.05, 0) is 48.7 Å². The summed E-state index contributed by atoms with van der Waals surface area (Å²) >= 11 is 0. The number of benzene rings is 1. The number of anilines is 1. The van der Waals surface area contributed by atoms with Gasteiger partial charge in [0, 0.05) is 17.7 Å². The highest BCUT2D eigenvalue weighted by molar-refractivity contribution is 6.07. The standard InChI is InChI=1S/C25H23N3O6/c1-13-3-2-4-18(26-13)27-23(31)15-7-5-14(6-8-15)12-28-24(32)20-17-11-16(9-10-19(29)30)22(34-17)21(20)25(28)33/h2-8,11,17,20-22H,9-10,12H2,1H3,(H,29,30)(H,26,27,31)/t17-,20+,21+,22+/m0/s1. The molecule has 0 unspecified atom stereocenters. The Morgan fingerprint density at radius 3 is 2.53 bits per heavy atom. The first-order valence-corrected chi connectivity index (χ1v) is 11.1. The lowest BCUT2D eigenvalue weighted by Gasteiger charge is -2.19. The molecule has 34 heavy (non-hydrogen) atoms. The largest absolute Gasteiger partial charge is 0.481 e. The maximum absolute atomic E-state index is 13.1. The highest BCUT2D eigenvalue weighted by atomic mass is 16.5. The van der Waals surface area contributed by atoms with Gasteiger partial charge in [0.05, 0.1) is 30.6 Å². The summed E-state index contributed by atoms with van der Waals surface area (Å²) in [4.78, 5) is 55.0. The van der Waals surface area contributed by atoms with Gasteiger partial charge >= 0.3 is 5.97 Å². The van der Waals surface area contributed by atoms with Crippen LogP contribution in [0.4, 0.5) is 5.82 Å². The van der Waals surface area contributed by atoms with Gasteiger partial charge in [-0.3, -0.25) is 24.1 Å². The molecular formula is C25H23N3O6. The highest BCUT2D eigenvalue weighted by Crippen LogP contribution is 2.49. The molecule has 4 heterocycles. The molecule has 1 aromatic heterocycles. The monoisotopic (exact) mass is 461 g/mol. The van der Waals surface area contributed by atoms with Crippen LogP contribution in [0.1, 0.15) is 34.5 Å². The Morgan fingerprint density at radius 1 is 1.09 bits per heavy atom. The number of imide groups is 1. The predicted molar refractivity (Wildman–Crippen MR) is 120 cm³/mol. The van der Waals surface area contributed by atoms with Crippen LogP contribution >= 0.6 is 0 Å². The van der Waals surface area contributed by atoms with Crippen molar-refractivity contribution >= 4 is 29.5 Å². The summed E-state index contributed by atoms with van der Waals surface area (Å²) in [5.74, 6) is -2.48. The fourth-order valence-electron chi connectivity index (χ4n) is 4.92. The molecule has 9 nitrogen and oxygen atoms in total. The fourth-order valence-corrected chi connectivity index (χ4v) is 4.92. The Bertz CT molecular complexity index is 1220. The SMILES string of the molecule is Cc1cccc(NC(=O)c2ccc(CN3C(=O)[C@@H]4[C@H](C3=O)[C@@H]3C=C(CCC(=O)O)[C@H]4O3)cc2)n1. The topological polar surface area (TPSA) is 126 Å². The van der Waals surface area contributed by atoms with Gasteiger partial charge in [-0.2, -0.15) is 0 Å². The molecule has 0 radical (unpaired) electrons. The number of ether oxygens (including phenoxy) is 1. The van der Waals surface area contributed by atoms with E-state index in [4.69, 9.17) is 9.84 Å². The lowest BCUT2D eigenvalue weighted by Crippen LogP contribution is -2.34. The molecule has 2 aromatic rings. The Balaban J connectivity index is 1.24. The molecule has 2 N–H and O–H groups in total. The van der Waals surface area contributed by atoms with Gasteiger partial charge in [0.15, 0.2) is 0 Å². The predicted octanol–water partition coefficient (Wildman–Crippen LogP) is 2.32. The van der Waals surface area contributed by atoms with Crippen LogP contribution in [-0.2, 0) is 25.7 Å². The number of aromatic nitrogens is 1. The second-order valence-electron chi connectivity index (χ2n) is 8.79. The Kier molecular flexibility index (Phi) is 5.49. The van der Waals surface area contributed by atoms with Gasteiger partial charge in [-0.1, -0.05) is 24.3 Å². The van der Waals surface area contributed by atoms with E-state index in [0.29, 0.717) is 17.8 Å². The van der Waals surface area contributed by atoms with Gasteiger partial charge in [-0.25, -0.2) is 4.98 Å². The van der Waals surface area contributed by atoms with E-state index >= 15 is 0 Å². The van der Waals surface area contributed by atoms with E-state index in [2.05, 4.69) is 10.3 Å². The summed E-state index contributed by atoms with van der Waals surface area (Å²) in [6.45, 7) is 1.94. The van der Waals surface area contributed by atoms with Crippen LogP contribution in [0, 0.1) is 18.8 Å². The first kappa shape index (κ1) is 22.0. The van der Waals surface area contributed by atoms with Crippen LogP contribution < -0.4 is 5.32 Å². The Morgan fingerprint density at radius 2 is 1.82 bits per heavy atom. The minimum Gasteiger partial charge on any atom is -0.481 e. The number of carbonyl (C=O) groups excluding carboxylic acids is 3. The van der Waals surface area contributed by atoms with Crippen LogP contribution in [0.2, 0.25) is 0 Å². The third-order valence-corrected chi connectivity index (χ3v) is 6.53. The third-order valence-electron chi connectivity index (χ3n) is 6.53. The molecule has 3 aliphatic rings. The van der Waals surface area contributed by atoms with Crippen molar-refractivity contribution in [1.29, 1.82) is 0 Å². The number of carboxylic acid groups (broad SMARTS) is 1. The van der Waals surface area contributed by atoms with Gasteiger partial charge in [-0.15, -0.1) is 0 Å². The van der Waals surface area contributed by atoms with Gasteiger partial charge < -0.3 is 15.2 Å². The number of hydrogen-bond donors (Lipinski definition) is 2. The molecule has 0 aliphatic carbocycles. The number of nitrogens with one attached hydrogen (secondary N) is 1. The summed E-state index contributed by atoms with van der Waals surface area (Å²) in [5, 5.41) is 11.7. The molecule has 1 aromatic carbocycles. The van der Waals surface area contributed by atoms with E-state index in [1.54, 1.807) is 36.4 Å². The van der Waals surface area contributed by atoms with Crippen LogP contribution in [-0.4, -0.2) is 50.9 Å². The number of pyridine rings is 1. The summed E-state index contributed by atoms with van der Waals surface area (Å²) in [6, 6.07) is 12.1. The smallest absolute Gasteiger partial charge is 0.303 e. The van der Waals surface area contributed by atoms with Crippen molar-refractivity contribution in [1.82, 2.24) is 9.88 Å². The zero-order valence-electron chi connectivity index (χ0n) is 18.4. The summed E-state index contributed by atoms with van der Waals surface area (Å²) in [6.07, 6.45) is 1.06. The quantitative estimate of drug-likeness (QED) is 0.479. The Hall–Kier alpha value is -3.85. The van der Waals surface area contributed by atoms with Crippen molar-refractivity contribution in [2.45, 2.75) is 38.5 Å². The van der Waals surface area contributed by atoms with Crippen molar-refractivity contribution in [2.24, 2.45) is 11.8 Å². The molecule has 4 atom stereocenters. The number of rotatable bonds is 7. The van der Waals surface area contributed by atoms with E-state index in [1.807, 2.05) is 19.1 Å². The van der Waals surface area contributed by atoms with Gasteiger partial charge in [0.2, 0.25) is 11.8 Å². The molecule has 2 bridgehead atoms. The van der Waals surface area contributed by atoms with Crippen LogP contribution in [0.15, 0.2) is 54.1 Å². The molecule has 0 spiro atoms. The summed E-state index contributed by atoms with van der Waals surface area (Å²) in [5.41, 5.74) is 2.73. The minimum atomic E-state index is -0.914. The first-order valence-electron chi connectivity index (χ1n) is 11.1. The maximum Gasteiger partial charge on any atom is 0.303 e. The number of aliphatic carboxylic acids is 1. The second-order valence-corrected chi connectivity index (χ2v) is 8.79. The van der Waals surface area contributed by atoms with Crippen LogP contribution in [0.3, 0.4) is 0 Å². The van der Waals surface area contributed by atoms with E-state index in [0.717, 1.165) is 16.8 Å². The van der Waals surface area contributed by atoms with E-state index in [-0.39, 0.29) is 30.7 Å². The van der Waals surface area contributed by atoms with E-state index in [9.17, 15) is 19.2 Å². The van der Waals surface area contributed by atoms with Gasteiger partial charge in [0.25, 0.3) is 5.91 Å². The molecule has 3 aliphatic heterocycles. The number of likely N-dealkylation sites (tertiary alicyclic amines) is 1. The third kappa shape index (κ3) is 3.88. The van der Waals surface area contributed by atoms with Crippen LogP contribution in [0.25, 0.3) is 0 Å². The van der Waals surface area contributed by atoms with Crippen molar-refractivity contribution in [3.05, 3.63) is 70.9 Å². The number of fused-ring (bicyclic) bond motifs is 5. The molecule has 174 valence electrons.